The van der Waals surface area contributed by atoms with Gasteiger partial charge < -0.3 is 65.1 Å². The predicted octanol–water partition coefficient (Wildman–Crippen LogP) is 14.7. The summed E-state index contributed by atoms with van der Waals surface area (Å²) < 4.78 is 22.9. The monoisotopic (exact) mass is 1210 g/mol. The topological polar surface area (TPSA) is 228 Å². The van der Waals surface area contributed by atoms with Crippen LogP contribution in [0.15, 0.2) is 24.3 Å². The summed E-state index contributed by atoms with van der Waals surface area (Å²) in [7, 11) is 0. The molecule has 9 N–H and O–H groups in total. The molecule has 2 heterocycles. The van der Waals surface area contributed by atoms with Gasteiger partial charge in [0.2, 0.25) is 5.91 Å². The molecule has 85 heavy (non-hydrogen) atoms. The molecule has 1 amide bonds. The van der Waals surface area contributed by atoms with Crippen molar-refractivity contribution in [2.24, 2.45) is 0 Å². The Morgan fingerprint density at radius 3 is 1.15 bits per heavy atom. The first kappa shape index (κ1) is 79.6. The first-order valence-corrected chi connectivity index (χ1v) is 36.1. The van der Waals surface area contributed by atoms with Gasteiger partial charge in [0.05, 0.1) is 32.0 Å². The first-order valence-electron chi connectivity index (χ1n) is 36.1. The third kappa shape index (κ3) is 40.8. The van der Waals surface area contributed by atoms with E-state index in [1.54, 1.807) is 6.08 Å². The maximum atomic E-state index is 13.3. The molecule has 2 rings (SSSR count). The molecule has 0 bridgehead atoms. The van der Waals surface area contributed by atoms with Gasteiger partial charge in [0.25, 0.3) is 0 Å². The van der Waals surface area contributed by atoms with Gasteiger partial charge in [-0.25, -0.2) is 0 Å². The van der Waals surface area contributed by atoms with Gasteiger partial charge in [0.1, 0.15) is 48.8 Å². The number of amides is 1. The van der Waals surface area contributed by atoms with Crippen LogP contribution in [0.25, 0.3) is 0 Å². The molecule has 0 aromatic rings. The lowest BCUT2D eigenvalue weighted by Gasteiger charge is -2.46. The fraction of sp³-hybridized carbons (Fsp3) is 0.930. The van der Waals surface area contributed by atoms with Crippen LogP contribution in [-0.2, 0) is 23.7 Å². The van der Waals surface area contributed by atoms with Crippen LogP contribution in [-0.4, -0.2) is 140 Å². The molecule has 12 atom stereocenters. The van der Waals surface area contributed by atoms with Gasteiger partial charge in [-0.15, -0.1) is 0 Å². The molecule has 12 unspecified atom stereocenters. The van der Waals surface area contributed by atoms with E-state index in [9.17, 15) is 45.6 Å². The zero-order valence-electron chi connectivity index (χ0n) is 54.6. The Morgan fingerprint density at radius 1 is 0.412 bits per heavy atom. The highest BCUT2D eigenvalue weighted by Crippen LogP contribution is 2.30. The highest BCUT2D eigenvalue weighted by atomic mass is 16.7. The molecular weight excluding hydrogens is 1070 g/mol. The second kappa shape index (κ2) is 56.5. The number of carbonyl (C=O) groups excluding carboxylic acids is 1. The number of ether oxygens (including phenoxy) is 4. The first-order chi connectivity index (χ1) is 41.6. The van der Waals surface area contributed by atoms with Crippen LogP contribution < -0.4 is 5.32 Å². The molecule has 2 aliphatic heterocycles. The van der Waals surface area contributed by atoms with Gasteiger partial charge in [0, 0.05) is 6.42 Å². The Labute approximate surface area is 519 Å². The number of hydrogen-bond acceptors (Lipinski definition) is 13. The maximum Gasteiger partial charge on any atom is 0.220 e. The molecule has 0 aliphatic carbocycles. The van der Waals surface area contributed by atoms with Crippen LogP contribution >= 0.6 is 0 Å². The third-order valence-electron chi connectivity index (χ3n) is 17.9. The summed E-state index contributed by atoms with van der Waals surface area (Å²) in [6.45, 7) is 2.84. The van der Waals surface area contributed by atoms with Crippen molar-refractivity contribution in [3.05, 3.63) is 24.3 Å². The summed E-state index contributed by atoms with van der Waals surface area (Å²) in [4.78, 5) is 13.3. The van der Waals surface area contributed by atoms with Crippen molar-refractivity contribution in [3.63, 3.8) is 0 Å². The lowest BCUT2D eigenvalue weighted by atomic mass is 9.97. The fourth-order valence-electron chi connectivity index (χ4n) is 12.1. The second-order valence-corrected chi connectivity index (χ2v) is 25.7. The van der Waals surface area contributed by atoms with Gasteiger partial charge in [-0.2, -0.15) is 0 Å². The molecule has 0 saturated carbocycles. The molecule has 0 aromatic carbocycles. The summed E-state index contributed by atoms with van der Waals surface area (Å²) >= 11 is 0. The van der Waals surface area contributed by atoms with Crippen LogP contribution in [0.2, 0.25) is 0 Å². The number of carbonyl (C=O) groups is 1. The molecule has 2 saturated heterocycles. The molecule has 0 spiro atoms. The Morgan fingerprint density at radius 2 is 0.753 bits per heavy atom. The van der Waals surface area contributed by atoms with Crippen LogP contribution in [0.1, 0.15) is 328 Å². The van der Waals surface area contributed by atoms with Gasteiger partial charge in [0.15, 0.2) is 12.6 Å². The second-order valence-electron chi connectivity index (χ2n) is 25.7. The minimum Gasteiger partial charge on any atom is -0.394 e. The highest BCUT2D eigenvalue weighted by molar-refractivity contribution is 5.76. The highest BCUT2D eigenvalue weighted by Gasteiger charge is 2.51. The summed E-state index contributed by atoms with van der Waals surface area (Å²) in [5.41, 5.74) is 0. The average Bonchev–Trinajstić information content (AvgIpc) is 3.29. The normalized spacial score (nSPS) is 23.6. The Kier molecular flexibility index (Phi) is 52.8. The minimum absolute atomic E-state index is 0.241. The summed E-state index contributed by atoms with van der Waals surface area (Å²) in [6, 6.07) is -0.929. The number of nitrogens with one attached hydrogen (secondary N) is 1. The number of aliphatic hydroxyl groups is 8. The van der Waals surface area contributed by atoms with E-state index in [1.807, 2.05) is 6.08 Å². The number of hydrogen-bond donors (Lipinski definition) is 9. The Bertz CT molecular complexity index is 1520. The van der Waals surface area contributed by atoms with E-state index in [-0.39, 0.29) is 18.9 Å². The molecule has 14 nitrogen and oxygen atoms in total. The van der Waals surface area contributed by atoms with E-state index in [0.717, 1.165) is 32.1 Å². The van der Waals surface area contributed by atoms with E-state index in [1.165, 1.54) is 263 Å². The SMILES string of the molecule is CCCCCCCCCCCCCCCCCCCCCCCC/C=C/CC/C=C/C(O)C(COC1OC(CO)C(OC2OC(CO)C(O)C(O)C2O)C(O)C1O)NC(=O)CCCCCCCCCCCCCCCCCCCCCCCCC. The van der Waals surface area contributed by atoms with Crippen molar-refractivity contribution in [2.45, 2.75) is 402 Å². The molecular formula is C71H135NO13. The van der Waals surface area contributed by atoms with E-state index in [2.05, 4.69) is 31.3 Å². The number of allylic oxidation sites excluding steroid dienone is 3. The van der Waals surface area contributed by atoms with Crippen molar-refractivity contribution in [3.8, 4) is 0 Å². The summed E-state index contributed by atoms with van der Waals surface area (Å²) in [5.74, 6) is -0.241. The van der Waals surface area contributed by atoms with Gasteiger partial charge in [-0.1, -0.05) is 314 Å². The van der Waals surface area contributed by atoms with E-state index in [4.69, 9.17) is 18.9 Å². The quantitative estimate of drug-likeness (QED) is 0.0204. The lowest BCUT2D eigenvalue weighted by Crippen LogP contribution is -2.65. The van der Waals surface area contributed by atoms with Gasteiger partial charge in [-0.05, 0) is 32.1 Å². The van der Waals surface area contributed by atoms with Gasteiger partial charge in [-0.3, -0.25) is 4.79 Å². The third-order valence-corrected chi connectivity index (χ3v) is 17.9. The Hall–Kier alpha value is -1.53. The smallest absolute Gasteiger partial charge is 0.220 e. The number of unbranched alkanes of at least 4 members (excludes halogenated alkanes) is 45. The standard InChI is InChI=1S/C71H135NO13/c1-3-5-7-9-11-13-15-17-19-21-23-25-27-28-29-30-31-33-34-36-38-40-42-44-46-48-50-52-54-60(75)59(58-82-70-68(81)66(79)69(62(57-74)84-70)85-71-67(80)65(78)64(77)61(56-73)83-71)72-63(76)55-53-51-49-47-45-43-41-39-37-35-32-26-24-22-20-18-16-14-12-10-8-6-4-2/h44,46,52,54,59-62,64-71,73-75,77-81H,3-43,45,47-51,53,55-58H2,1-2H3,(H,72,76)/b46-44+,54-52+. The molecule has 2 aliphatic rings. The molecule has 0 aromatic heterocycles. The summed E-state index contributed by atoms with van der Waals surface area (Å²) in [6.07, 6.45) is 53.9. The van der Waals surface area contributed by atoms with Crippen LogP contribution in [0, 0.1) is 0 Å². The fourth-order valence-corrected chi connectivity index (χ4v) is 12.1. The largest absolute Gasteiger partial charge is 0.394 e. The van der Waals surface area contributed by atoms with Crippen LogP contribution in [0.3, 0.4) is 0 Å². The predicted molar refractivity (Wildman–Crippen MR) is 346 cm³/mol. The van der Waals surface area contributed by atoms with Crippen molar-refractivity contribution in [1.82, 2.24) is 5.32 Å². The van der Waals surface area contributed by atoms with Crippen LogP contribution in [0.5, 0.6) is 0 Å². The van der Waals surface area contributed by atoms with Crippen molar-refractivity contribution < 1.29 is 64.6 Å². The van der Waals surface area contributed by atoms with E-state index >= 15 is 0 Å². The minimum atomic E-state index is -1.79. The summed E-state index contributed by atoms with van der Waals surface area (Å²) in [5, 5.41) is 87.4. The zero-order chi connectivity index (χ0) is 61.6. The lowest BCUT2D eigenvalue weighted by molar-refractivity contribution is -0.359. The molecule has 2 fully saturated rings. The van der Waals surface area contributed by atoms with Crippen molar-refractivity contribution in [1.29, 1.82) is 0 Å². The van der Waals surface area contributed by atoms with Crippen molar-refractivity contribution in [2.75, 3.05) is 19.8 Å². The zero-order valence-corrected chi connectivity index (χ0v) is 54.6. The molecule has 0 radical (unpaired) electrons. The Balaban J connectivity index is 1.68. The molecule has 502 valence electrons. The maximum absolute atomic E-state index is 13.3. The van der Waals surface area contributed by atoms with E-state index in [0.29, 0.717) is 12.8 Å². The van der Waals surface area contributed by atoms with Crippen molar-refractivity contribution >= 4 is 5.91 Å². The average molecular weight is 1210 g/mol. The number of rotatable bonds is 60. The molecule has 14 heteroatoms. The van der Waals surface area contributed by atoms with E-state index < -0.39 is 86.8 Å². The van der Waals surface area contributed by atoms with Gasteiger partial charge >= 0.3 is 0 Å². The van der Waals surface area contributed by atoms with Crippen LogP contribution in [0.4, 0.5) is 0 Å². The number of aliphatic hydroxyl groups excluding tert-OH is 8.